The Bertz CT molecular complexity index is 506. The molecule has 1 aromatic rings. The summed E-state index contributed by atoms with van der Waals surface area (Å²) in [5.74, 6) is -3.44. The van der Waals surface area contributed by atoms with Crippen LogP contribution >= 0.6 is 0 Å². The second-order valence-electron chi connectivity index (χ2n) is 4.26. The summed E-state index contributed by atoms with van der Waals surface area (Å²) in [6.45, 7) is 1.69. The van der Waals surface area contributed by atoms with Crippen LogP contribution in [0.15, 0.2) is 12.1 Å². The molecule has 0 aromatic heterocycles. The molecule has 0 fully saturated rings. The monoisotopic (exact) mass is 236 g/mol. The van der Waals surface area contributed by atoms with E-state index in [9.17, 15) is 19.8 Å². The minimum atomic E-state index is -1.02. The number of benzene rings is 1. The highest BCUT2D eigenvalue weighted by atomic mass is 16.4. The first kappa shape index (κ1) is 11.4. The molecule has 2 atom stereocenters. The van der Waals surface area contributed by atoms with Crippen molar-refractivity contribution >= 4 is 11.8 Å². The first-order valence-electron chi connectivity index (χ1n) is 5.24. The number of carbonyl (C=O) groups excluding carboxylic acids is 1. The van der Waals surface area contributed by atoms with E-state index in [0.29, 0.717) is 5.56 Å². The minimum absolute atomic E-state index is 0.0509. The quantitative estimate of drug-likeness (QED) is 0.642. The largest absolute Gasteiger partial charge is 0.504 e. The predicted molar refractivity (Wildman–Crippen MR) is 58.3 cm³/mol. The fourth-order valence-corrected chi connectivity index (χ4v) is 2.26. The molecule has 0 saturated heterocycles. The number of phenolic OH excluding ortho intramolecular Hbond substituents is 2. The summed E-state index contributed by atoms with van der Waals surface area (Å²) < 4.78 is 0. The van der Waals surface area contributed by atoms with Gasteiger partial charge in [-0.2, -0.15) is 0 Å². The number of phenols is 2. The Balaban J connectivity index is 2.60. The van der Waals surface area contributed by atoms with E-state index in [2.05, 4.69) is 0 Å². The average molecular weight is 236 g/mol. The summed E-state index contributed by atoms with van der Waals surface area (Å²) in [6.07, 6.45) is -0.152. The number of aliphatic carboxylic acids is 1. The van der Waals surface area contributed by atoms with E-state index in [1.807, 2.05) is 0 Å². The molecule has 1 aromatic carbocycles. The van der Waals surface area contributed by atoms with Crippen molar-refractivity contribution in [2.45, 2.75) is 19.3 Å². The molecule has 0 radical (unpaired) electrons. The lowest BCUT2D eigenvalue weighted by molar-refractivity contribution is -0.142. The fraction of sp³-hybridized carbons (Fsp3) is 0.333. The van der Waals surface area contributed by atoms with Gasteiger partial charge in [0.2, 0.25) is 0 Å². The van der Waals surface area contributed by atoms with Crippen LogP contribution in [0.5, 0.6) is 11.5 Å². The number of aromatic hydroxyl groups is 2. The lowest BCUT2D eigenvalue weighted by Gasteiger charge is -2.27. The lowest BCUT2D eigenvalue weighted by Crippen LogP contribution is -2.29. The van der Waals surface area contributed by atoms with Gasteiger partial charge >= 0.3 is 5.97 Å². The van der Waals surface area contributed by atoms with E-state index in [1.165, 1.54) is 12.1 Å². The van der Waals surface area contributed by atoms with Gasteiger partial charge in [-0.25, -0.2) is 0 Å². The maximum atomic E-state index is 11.8. The predicted octanol–water partition coefficient (Wildman–Crippen LogP) is 1.49. The standard InChI is InChI=1S/C12H12O5/c1-5-6-2-3-8(13)11(15)10(6)9(14)4-7(5)12(16)17/h2-3,5,7,13,15H,4H2,1H3,(H,16,17)/t5-,7-/m0/s1. The fourth-order valence-electron chi connectivity index (χ4n) is 2.26. The van der Waals surface area contributed by atoms with E-state index in [-0.39, 0.29) is 23.7 Å². The third kappa shape index (κ3) is 1.63. The van der Waals surface area contributed by atoms with Gasteiger partial charge in [0.15, 0.2) is 17.3 Å². The Morgan fingerprint density at radius 2 is 2.00 bits per heavy atom. The maximum absolute atomic E-state index is 11.8. The summed E-state index contributed by atoms with van der Waals surface area (Å²) in [5.41, 5.74) is 0.527. The van der Waals surface area contributed by atoms with Crippen LogP contribution in [0, 0.1) is 5.92 Å². The Morgan fingerprint density at radius 3 is 2.59 bits per heavy atom. The van der Waals surface area contributed by atoms with Crippen molar-refractivity contribution in [3.05, 3.63) is 23.3 Å². The zero-order valence-electron chi connectivity index (χ0n) is 9.17. The van der Waals surface area contributed by atoms with Crippen LogP contribution in [0.3, 0.4) is 0 Å². The third-order valence-electron chi connectivity index (χ3n) is 3.28. The zero-order chi connectivity index (χ0) is 12.7. The molecule has 0 unspecified atom stereocenters. The highest BCUT2D eigenvalue weighted by Crippen LogP contribution is 2.42. The third-order valence-corrected chi connectivity index (χ3v) is 3.28. The highest BCUT2D eigenvalue weighted by Gasteiger charge is 2.37. The van der Waals surface area contributed by atoms with Gasteiger partial charge in [0.1, 0.15) is 0 Å². The average Bonchev–Trinajstić information content (AvgIpc) is 2.26. The molecule has 17 heavy (non-hydrogen) atoms. The molecule has 2 rings (SSSR count). The van der Waals surface area contributed by atoms with Crippen LogP contribution < -0.4 is 0 Å². The number of carboxylic acids is 1. The number of carbonyl (C=O) groups is 2. The first-order chi connectivity index (χ1) is 7.93. The van der Waals surface area contributed by atoms with E-state index >= 15 is 0 Å². The second kappa shape index (κ2) is 3.76. The lowest BCUT2D eigenvalue weighted by atomic mass is 9.75. The smallest absolute Gasteiger partial charge is 0.307 e. The molecule has 0 heterocycles. The van der Waals surface area contributed by atoms with E-state index in [4.69, 9.17) is 5.11 Å². The molecule has 5 heteroatoms. The topological polar surface area (TPSA) is 94.8 Å². The molecule has 90 valence electrons. The minimum Gasteiger partial charge on any atom is -0.504 e. The number of Topliss-reactive ketones (excluding diaryl/α,β-unsaturated/α-hetero) is 1. The summed E-state index contributed by atoms with van der Waals surface area (Å²) >= 11 is 0. The van der Waals surface area contributed by atoms with Crippen molar-refractivity contribution < 1.29 is 24.9 Å². The van der Waals surface area contributed by atoms with Crippen LogP contribution in [-0.2, 0) is 4.79 Å². The molecule has 3 N–H and O–H groups in total. The number of fused-ring (bicyclic) bond motifs is 1. The number of ketones is 1. The van der Waals surface area contributed by atoms with Gasteiger partial charge in [-0.1, -0.05) is 13.0 Å². The van der Waals surface area contributed by atoms with Crippen molar-refractivity contribution in [2.24, 2.45) is 5.92 Å². The molecule has 1 aliphatic carbocycles. The van der Waals surface area contributed by atoms with Gasteiger partial charge < -0.3 is 15.3 Å². The summed E-state index contributed by atoms with van der Waals surface area (Å²) in [4.78, 5) is 22.8. The first-order valence-corrected chi connectivity index (χ1v) is 5.24. The molecule has 1 aliphatic rings. The summed E-state index contributed by atoms with van der Waals surface area (Å²) in [7, 11) is 0. The van der Waals surface area contributed by atoms with Crippen LogP contribution in [0.2, 0.25) is 0 Å². The number of carboxylic acid groups (broad SMARTS) is 1. The van der Waals surface area contributed by atoms with Gasteiger partial charge in [0.25, 0.3) is 0 Å². The zero-order valence-corrected chi connectivity index (χ0v) is 9.17. The van der Waals surface area contributed by atoms with Gasteiger partial charge in [0.05, 0.1) is 11.5 Å². The van der Waals surface area contributed by atoms with Crippen LogP contribution in [0.25, 0.3) is 0 Å². The Kier molecular flexibility index (Phi) is 2.53. The van der Waals surface area contributed by atoms with Gasteiger partial charge in [-0.05, 0) is 17.5 Å². The van der Waals surface area contributed by atoms with E-state index in [0.717, 1.165) is 0 Å². The number of hydrogen-bond acceptors (Lipinski definition) is 4. The van der Waals surface area contributed by atoms with Crippen molar-refractivity contribution in [3.63, 3.8) is 0 Å². The van der Waals surface area contributed by atoms with Gasteiger partial charge in [-0.3, -0.25) is 9.59 Å². The van der Waals surface area contributed by atoms with Crippen molar-refractivity contribution in [2.75, 3.05) is 0 Å². The van der Waals surface area contributed by atoms with Crippen molar-refractivity contribution in [1.29, 1.82) is 0 Å². The highest BCUT2D eigenvalue weighted by molar-refractivity contribution is 6.04. The molecule has 5 nitrogen and oxygen atoms in total. The van der Waals surface area contributed by atoms with E-state index in [1.54, 1.807) is 6.92 Å². The molecular formula is C12H12O5. The summed E-state index contributed by atoms with van der Waals surface area (Å²) in [5, 5.41) is 28.0. The molecule has 0 aliphatic heterocycles. The SMILES string of the molecule is C[C@H]1c2ccc(O)c(O)c2C(=O)C[C@@H]1C(=O)O. The second-order valence-corrected chi connectivity index (χ2v) is 4.26. The van der Waals surface area contributed by atoms with Crippen LogP contribution in [0.1, 0.15) is 35.2 Å². The molecule has 0 spiro atoms. The van der Waals surface area contributed by atoms with Crippen molar-refractivity contribution in [1.82, 2.24) is 0 Å². The van der Waals surface area contributed by atoms with Crippen LogP contribution in [-0.4, -0.2) is 27.1 Å². The van der Waals surface area contributed by atoms with Crippen LogP contribution in [0.4, 0.5) is 0 Å². The number of hydrogen-bond donors (Lipinski definition) is 3. The molecular weight excluding hydrogens is 224 g/mol. The maximum Gasteiger partial charge on any atom is 0.307 e. The molecule has 0 bridgehead atoms. The van der Waals surface area contributed by atoms with Gasteiger partial charge in [-0.15, -0.1) is 0 Å². The van der Waals surface area contributed by atoms with Gasteiger partial charge in [0, 0.05) is 6.42 Å². The Labute approximate surface area is 97.3 Å². The Morgan fingerprint density at radius 1 is 1.35 bits per heavy atom. The molecule has 0 saturated carbocycles. The normalized spacial score (nSPS) is 23.2. The molecule has 0 amide bonds. The van der Waals surface area contributed by atoms with Crippen molar-refractivity contribution in [3.8, 4) is 11.5 Å². The summed E-state index contributed by atoms with van der Waals surface area (Å²) in [6, 6.07) is 2.75. The van der Waals surface area contributed by atoms with E-state index < -0.39 is 23.4 Å². The Hall–Kier alpha value is -2.04. The number of rotatable bonds is 1.